The molecule has 0 fully saturated rings. The van der Waals surface area contributed by atoms with E-state index >= 15 is 0 Å². The predicted molar refractivity (Wildman–Crippen MR) is 78.6 cm³/mol. The fourth-order valence-corrected chi connectivity index (χ4v) is 2.34. The van der Waals surface area contributed by atoms with Crippen molar-refractivity contribution in [3.63, 3.8) is 0 Å². The van der Waals surface area contributed by atoms with Crippen LogP contribution in [0.4, 0.5) is 0 Å². The van der Waals surface area contributed by atoms with Gasteiger partial charge in [0.05, 0.1) is 11.6 Å². The molecule has 102 valence electrons. The van der Waals surface area contributed by atoms with Gasteiger partial charge in [-0.25, -0.2) is 0 Å². The van der Waals surface area contributed by atoms with Gasteiger partial charge in [0.1, 0.15) is 5.75 Å². The van der Waals surface area contributed by atoms with Gasteiger partial charge in [-0.05, 0) is 43.4 Å². The number of hydrogen-bond acceptors (Lipinski definition) is 2. The zero-order valence-electron chi connectivity index (χ0n) is 11.6. The third kappa shape index (κ3) is 4.51. The molecule has 2 N–H and O–H groups in total. The lowest BCUT2D eigenvalue weighted by molar-refractivity contribution is 0.314. The second-order valence-electron chi connectivity index (χ2n) is 4.85. The number of hydrogen-bond donors (Lipinski definition) is 1. The minimum Gasteiger partial charge on any atom is -0.492 e. The van der Waals surface area contributed by atoms with Crippen molar-refractivity contribution in [3.8, 4) is 5.75 Å². The van der Waals surface area contributed by atoms with Crippen LogP contribution in [0, 0.1) is 0 Å². The molecule has 0 aliphatic heterocycles. The normalized spacial score (nSPS) is 12.5. The van der Waals surface area contributed by atoms with Crippen LogP contribution < -0.4 is 10.5 Å². The van der Waals surface area contributed by atoms with E-state index in [1.54, 1.807) is 0 Å². The summed E-state index contributed by atoms with van der Waals surface area (Å²) in [4.78, 5) is 0. The number of benzene rings is 1. The smallest absolute Gasteiger partial charge is 0.141 e. The molecule has 1 unspecified atom stereocenters. The highest BCUT2D eigenvalue weighted by molar-refractivity contribution is 6.32. The zero-order valence-corrected chi connectivity index (χ0v) is 12.4. The summed E-state index contributed by atoms with van der Waals surface area (Å²) in [5.74, 6) is 0.855. The summed E-state index contributed by atoms with van der Waals surface area (Å²) in [7, 11) is 0. The average molecular weight is 270 g/mol. The molecule has 0 aromatic heterocycles. The van der Waals surface area contributed by atoms with E-state index in [1.807, 2.05) is 13.0 Å². The van der Waals surface area contributed by atoms with Gasteiger partial charge in [0.15, 0.2) is 0 Å². The Kier molecular flexibility index (Phi) is 6.51. The summed E-state index contributed by atoms with van der Waals surface area (Å²) >= 11 is 6.32. The number of halogens is 1. The van der Waals surface area contributed by atoms with Gasteiger partial charge in [-0.15, -0.1) is 0 Å². The van der Waals surface area contributed by atoms with Crippen LogP contribution in [0.15, 0.2) is 12.1 Å². The molecule has 1 rings (SSSR count). The first-order chi connectivity index (χ1) is 8.58. The maximum Gasteiger partial charge on any atom is 0.141 e. The van der Waals surface area contributed by atoms with E-state index in [0.29, 0.717) is 11.6 Å². The second-order valence-corrected chi connectivity index (χ2v) is 5.25. The third-order valence-electron chi connectivity index (χ3n) is 2.71. The minimum atomic E-state index is 0.151. The van der Waals surface area contributed by atoms with Gasteiger partial charge in [-0.1, -0.05) is 37.9 Å². The summed E-state index contributed by atoms with van der Waals surface area (Å²) < 4.78 is 5.77. The molecular weight excluding hydrogens is 246 g/mol. The largest absolute Gasteiger partial charge is 0.492 e. The number of rotatable bonds is 7. The summed E-state index contributed by atoms with van der Waals surface area (Å²) in [6.45, 7) is 6.98. The Labute approximate surface area is 115 Å². The van der Waals surface area contributed by atoms with Crippen molar-refractivity contribution in [2.75, 3.05) is 6.61 Å². The van der Waals surface area contributed by atoms with Crippen molar-refractivity contribution < 1.29 is 4.74 Å². The van der Waals surface area contributed by atoms with Crippen LogP contribution in [0.5, 0.6) is 5.75 Å². The van der Waals surface area contributed by atoms with Crippen molar-refractivity contribution in [2.45, 2.75) is 52.5 Å². The molecule has 0 aliphatic carbocycles. The van der Waals surface area contributed by atoms with Gasteiger partial charge in [0.2, 0.25) is 0 Å². The molecule has 0 saturated heterocycles. The predicted octanol–water partition coefficient (Wildman–Crippen LogP) is 3.97. The van der Waals surface area contributed by atoms with Crippen LogP contribution in [0.3, 0.4) is 0 Å². The summed E-state index contributed by atoms with van der Waals surface area (Å²) in [6, 6.07) is 4.32. The van der Waals surface area contributed by atoms with Crippen molar-refractivity contribution >= 4 is 11.6 Å². The fraction of sp³-hybridized carbons (Fsp3) is 0.600. The fourth-order valence-electron chi connectivity index (χ4n) is 2.02. The highest BCUT2D eigenvalue weighted by Gasteiger charge is 2.11. The van der Waals surface area contributed by atoms with Crippen LogP contribution in [0.1, 0.15) is 44.7 Å². The standard InChI is InChI=1S/C15H24ClNO/c1-4-6-13-9-12(8-11(3)17)10-14(16)15(13)18-7-5-2/h9-11H,4-8,17H2,1-3H3. The van der Waals surface area contributed by atoms with E-state index in [-0.39, 0.29) is 6.04 Å². The van der Waals surface area contributed by atoms with Gasteiger partial charge in [0.25, 0.3) is 0 Å². The summed E-state index contributed by atoms with van der Waals surface area (Å²) in [6.07, 6.45) is 3.92. The Hall–Kier alpha value is -0.730. The minimum absolute atomic E-state index is 0.151. The van der Waals surface area contributed by atoms with Gasteiger partial charge in [-0.2, -0.15) is 0 Å². The lowest BCUT2D eigenvalue weighted by atomic mass is 10.0. The molecule has 1 atom stereocenters. The van der Waals surface area contributed by atoms with Crippen molar-refractivity contribution in [1.82, 2.24) is 0 Å². The van der Waals surface area contributed by atoms with Crippen LogP contribution in [0.2, 0.25) is 5.02 Å². The Balaban J connectivity index is 3.01. The Morgan fingerprint density at radius 2 is 2.00 bits per heavy atom. The maximum absolute atomic E-state index is 6.32. The summed E-state index contributed by atoms with van der Waals surface area (Å²) in [5.41, 5.74) is 8.24. The molecule has 18 heavy (non-hydrogen) atoms. The first-order valence-corrected chi connectivity index (χ1v) is 7.15. The van der Waals surface area contributed by atoms with E-state index in [0.717, 1.165) is 31.4 Å². The third-order valence-corrected chi connectivity index (χ3v) is 2.99. The van der Waals surface area contributed by atoms with Crippen molar-refractivity contribution in [2.24, 2.45) is 5.73 Å². The van der Waals surface area contributed by atoms with Gasteiger partial charge >= 0.3 is 0 Å². The van der Waals surface area contributed by atoms with Gasteiger partial charge in [-0.3, -0.25) is 0 Å². The molecule has 1 aromatic carbocycles. The van der Waals surface area contributed by atoms with Crippen molar-refractivity contribution in [1.29, 1.82) is 0 Å². The van der Waals surface area contributed by atoms with Crippen LogP contribution >= 0.6 is 11.6 Å². The Morgan fingerprint density at radius 1 is 1.28 bits per heavy atom. The zero-order chi connectivity index (χ0) is 13.5. The lowest BCUT2D eigenvalue weighted by Crippen LogP contribution is -2.18. The van der Waals surface area contributed by atoms with E-state index in [4.69, 9.17) is 22.1 Å². The topological polar surface area (TPSA) is 35.2 Å². The molecule has 3 heteroatoms. The second kappa shape index (κ2) is 7.65. The van der Waals surface area contributed by atoms with E-state index < -0.39 is 0 Å². The van der Waals surface area contributed by atoms with Gasteiger partial charge in [0, 0.05) is 6.04 Å². The maximum atomic E-state index is 6.32. The average Bonchev–Trinajstić information content (AvgIpc) is 2.27. The Bertz CT molecular complexity index is 377. The molecule has 0 spiro atoms. The molecule has 0 saturated carbocycles. The highest BCUT2D eigenvalue weighted by atomic mass is 35.5. The summed E-state index contributed by atoms with van der Waals surface area (Å²) in [5, 5.41) is 0.713. The first-order valence-electron chi connectivity index (χ1n) is 6.78. The molecule has 0 amide bonds. The number of aryl methyl sites for hydroxylation is 1. The van der Waals surface area contributed by atoms with E-state index in [1.165, 1.54) is 11.1 Å². The van der Waals surface area contributed by atoms with Crippen LogP contribution in [-0.4, -0.2) is 12.6 Å². The monoisotopic (exact) mass is 269 g/mol. The van der Waals surface area contributed by atoms with E-state index in [2.05, 4.69) is 19.9 Å². The molecule has 0 heterocycles. The number of nitrogens with two attached hydrogens (primary N) is 1. The molecule has 0 aliphatic rings. The van der Waals surface area contributed by atoms with E-state index in [9.17, 15) is 0 Å². The molecular formula is C15H24ClNO. The molecule has 0 bridgehead atoms. The Morgan fingerprint density at radius 3 is 2.56 bits per heavy atom. The first kappa shape index (κ1) is 15.3. The van der Waals surface area contributed by atoms with Crippen molar-refractivity contribution in [3.05, 3.63) is 28.3 Å². The lowest BCUT2D eigenvalue weighted by Gasteiger charge is -2.15. The molecule has 2 nitrogen and oxygen atoms in total. The van der Waals surface area contributed by atoms with Gasteiger partial charge < -0.3 is 10.5 Å². The molecule has 1 aromatic rings. The molecule has 0 radical (unpaired) electrons. The highest BCUT2D eigenvalue weighted by Crippen LogP contribution is 2.32. The van der Waals surface area contributed by atoms with Crippen LogP contribution in [-0.2, 0) is 12.8 Å². The SMILES string of the molecule is CCCOc1c(Cl)cc(CC(C)N)cc1CCC. The van der Waals surface area contributed by atoms with Crippen LogP contribution in [0.25, 0.3) is 0 Å². The number of ether oxygens (including phenoxy) is 1. The quantitative estimate of drug-likeness (QED) is 0.813.